The number of halogens is 1. The summed E-state index contributed by atoms with van der Waals surface area (Å²) in [5.74, 6) is 0.0982. The predicted molar refractivity (Wildman–Crippen MR) is 189 cm³/mol. The third-order valence-electron chi connectivity index (χ3n) is 8.36. The summed E-state index contributed by atoms with van der Waals surface area (Å²) in [5, 5.41) is 8.36. The molecule has 1 amide bonds. The quantitative estimate of drug-likeness (QED) is 0.157. The number of carbonyl (C=O) groups is 1. The number of nitrogens with one attached hydrogen (secondary N) is 1. The van der Waals surface area contributed by atoms with Crippen LogP contribution in [-0.4, -0.2) is 31.2 Å². The summed E-state index contributed by atoms with van der Waals surface area (Å²) >= 11 is 6.47. The lowest BCUT2D eigenvalue weighted by Gasteiger charge is -2.24. The van der Waals surface area contributed by atoms with E-state index in [1.165, 1.54) is 16.4 Å². The van der Waals surface area contributed by atoms with Crippen molar-refractivity contribution in [3.05, 3.63) is 150 Å². The number of methoxy groups -OCH3 is 1. The zero-order chi connectivity index (χ0) is 33.3. The van der Waals surface area contributed by atoms with Crippen LogP contribution in [0.1, 0.15) is 17.9 Å². The number of hydrogen-bond acceptors (Lipinski definition) is 5. The normalized spacial score (nSPS) is 15.5. The summed E-state index contributed by atoms with van der Waals surface area (Å²) in [6.45, 7) is 0. The van der Waals surface area contributed by atoms with Crippen molar-refractivity contribution in [1.82, 2.24) is 9.78 Å². The molecule has 1 aliphatic carbocycles. The first kappa shape index (κ1) is 31.2. The molecule has 1 saturated carbocycles. The van der Waals surface area contributed by atoms with Crippen molar-refractivity contribution in [2.75, 3.05) is 16.7 Å². The Balaban J connectivity index is 1.11. The standard InChI is InChI=1S/C38H31ClN4O4S/c1-47-36-22-17-26(23-35(36)39)37-34(25-42(41-37)28-11-5-2-6-12-28)32-24-33(32)38(44)40-27-18-20-31(21-19-27)48(45,46)43(29-13-7-3-8-14-29)30-15-9-4-10-16-30/h2-23,25,32-33H,24H2,1H3,(H,40,44). The van der Waals surface area contributed by atoms with E-state index in [0.717, 1.165) is 22.5 Å². The number of carbonyl (C=O) groups excluding carboxylic acids is 1. The van der Waals surface area contributed by atoms with Gasteiger partial charge in [-0.15, -0.1) is 0 Å². The maximum Gasteiger partial charge on any atom is 0.268 e. The van der Waals surface area contributed by atoms with Gasteiger partial charge in [0.15, 0.2) is 0 Å². The van der Waals surface area contributed by atoms with Crippen molar-refractivity contribution < 1.29 is 17.9 Å². The Morgan fingerprint density at radius 1 is 0.854 bits per heavy atom. The molecule has 5 aromatic carbocycles. The molecule has 10 heteroatoms. The van der Waals surface area contributed by atoms with Gasteiger partial charge in [0.1, 0.15) is 5.75 Å². The third kappa shape index (κ3) is 6.17. The van der Waals surface area contributed by atoms with Gasteiger partial charge in [-0.1, -0.05) is 66.2 Å². The predicted octanol–water partition coefficient (Wildman–Crippen LogP) is 8.47. The van der Waals surface area contributed by atoms with E-state index in [2.05, 4.69) is 5.32 Å². The van der Waals surface area contributed by atoms with Gasteiger partial charge >= 0.3 is 0 Å². The zero-order valence-corrected chi connectivity index (χ0v) is 27.5. The van der Waals surface area contributed by atoms with Crippen LogP contribution in [0.15, 0.2) is 145 Å². The monoisotopic (exact) mass is 674 g/mol. The minimum absolute atomic E-state index is 0.0525. The second kappa shape index (κ2) is 13.0. The van der Waals surface area contributed by atoms with E-state index in [1.54, 1.807) is 67.8 Å². The number of anilines is 3. The number of para-hydroxylation sites is 3. The molecule has 0 radical (unpaired) electrons. The Bertz CT molecular complexity index is 2140. The average Bonchev–Trinajstić information content (AvgIpc) is 3.80. The molecular formula is C38H31ClN4O4S. The van der Waals surface area contributed by atoms with Crippen LogP contribution in [0.3, 0.4) is 0 Å². The smallest absolute Gasteiger partial charge is 0.268 e. The van der Waals surface area contributed by atoms with E-state index < -0.39 is 10.0 Å². The van der Waals surface area contributed by atoms with E-state index in [0.29, 0.717) is 34.3 Å². The molecule has 1 fully saturated rings. The highest BCUT2D eigenvalue weighted by Gasteiger charge is 2.46. The number of aromatic nitrogens is 2. The van der Waals surface area contributed by atoms with E-state index in [4.69, 9.17) is 21.4 Å². The third-order valence-corrected chi connectivity index (χ3v) is 10.4. The maximum absolute atomic E-state index is 13.9. The summed E-state index contributed by atoms with van der Waals surface area (Å²) in [7, 11) is -2.40. The van der Waals surface area contributed by atoms with Crippen molar-refractivity contribution in [3.8, 4) is 22.7 Å². The van der Waals surface area contributed by atoms with Crippen LogP contribution in [0.25, 0.3) is 16.9 Å². The van der Waals surface area contributed by atoms with E-state index in [-0.39, 0.29) is 22.6 Å². The van der Waals surface area contributed by atoms with E-state index >= 15 is 0 Å². The lowest BCUT2D eigenvalue weighted by atomic mass is 10.0. The van der Waals surface area contributed by atoms with Crippen molar-refractivity contribution in [2.24, 2.45) is 5.92 Å². The van der Waals surface area contributed by atoms with Crippen LogP contribution in [0.5, 0.6) is 5.75 Å². The molecule has 2 atom stereocenters. The Labute approximate surface area is 284 Å². The molecule has 7 rings (SSSR count). The number of amides is 1. The second-order valence-electron chi connectivity index (χ2n) is 11.5. The van der Waals surface area contributed by atoms with Gasteiger partial charge in [0.2, 0.25) is 5.91 Å². The molecule has 1 aliphatic rings. The SMILES string of the molecule is COc1ccc(-c2nn(-c3ccccc3)cc2C2CC2C(=O)Nc2ccc(S(=O)(=O)N(c3ccccc3)c3ccccc3)cc2)cc1Cl. The molecular weight excluding hydrogens is 644 g/mol. The second-order valence-corrected chi connectivity index (χ2v) is 13.7. The Kier molecular flexibility index (Phi) is 8.47. The minimum atomic E-state index is -3.97. The van der Waals surface area contributed by atoms with Gasteiger partial charge in [0.25, 0.3) is 10.0 Å². The average molecular weight is 675 g/mol. The van der Waals surface area contributed by atoms with Gasteiger partial charge in [-0.25, -0.2) is 17.4 Å². The first-order chi connectivity index (χ1) is 23.3. The molecule has 1 aromatic heterocycles. The Morgan fingerprint density at radius 2 is 1.46 bits per heavy atom. The Morgan fingerprint density at radius 3 is 2.04 bits per heavy atom. The Hall–Kier alpha value is -5.38. The molecule has 0 spiro atoms. The van der Waals surface area contributed by atoms with E-state index in [9.17, 15) is 13.2 Å². The lowest BCUT2D eigenvalue weighted by Crippen LogP contribution is -2.26. The summed E-state index contributed by atoms with van der Waals surface area (Å²) in [6.07, 6.45) is 2.63. The number of sulfonamides is 1. The molecule has 8 nitrogen and oxygen atoms in total. The number of ether oxygens (including phenoxy) is 1. The number of rotatable bonds is 10. The van der Waals surface area contributed by atoms with Crippen molar-refractivity contribution in [3.63, 3.8) is 0 Å². The lowest BCUT2D eigenvalue weighted by molar-refractivity contribution is -0.117. The summed E-state index contributed by atoms with van der Waals surface area (Å²) in [5.41, 5.74) is 4.98. The zero-order valence-electron chi connectivity index (χ0n) is 25.9. The van der Waals surface area contributed by atoms with Gasteiger partial charge < -0.3 is 10.1 Å². The van der Waals surface area contributed by atoms with Crippen LogP contribution in [0.4, 0.5) is 17.1 Å². The van der Waals surface area contributed by atoms with Gasteiger partial charge in [0, 0.05) is 34.8 Å². The molecule has 2 unspecified atom stereocenters. The van der Waals surface area contributed by atoms with Gasteiger partial charge in [0.05, 0.1) is 39.8 Å². The van der Waals surface area contributed by atoms with Crippen LogP contribution < -0.4 is 14.4 Å². The summed E-state index contributed by atoms with van der Waals surface area (Å²) < 4.78 is 36.3. The van der Waals surface area contributed by atoms with Crippen LogP contribution in [0, 0.1) is 5.92 Å². The highest BCUT2D eigenvalue weighted by molar-refractivity contribution is 7.93. The van der Waals surface area contributed by atoms with Gasteiger partial charge in [-0.3, -0.25) is 4.79 Å². The topological polar surface area (TPSA) is 93.5 Å². The number of benzene rings is 5. The first-order valence-corrected chi connectivity index (χ1v) is 17.2. The highest BCUT2D eigenvalue weighted by atomic mass is 35.5. The fraction of sp³-hybridized carbons (Fsp3) is 0.105. The highest BCUT2D eigenvalue weighted by Crippen LogP contribution is 2.51. The van der Waals surface area contributed by atoms with E-state index in [1.807, 2.05) is 71.5 Å². The number of nitrogens with zero attached hydrogens (tertiary/aromatic N) is 3. The number of hydrogen-bond donors (Lipinski definition) is 1. The maximum atomic E-state index is 13.9. The van der Waals surface area contributed by atoms with Gasteiger partial charge in [-0.2, -0.15) is 5.10 Å². The van der Waals surface area contributed by atoms with Crippen molar-refractivity contribution in [1.29, 1.82) is 0 Å². The van der Waals surface area contributed by atoms with Crippen molar-refractivity contribution in [2.45, 2.75) is 17.2 Å². The molecule has 6 aromatic rings. The summed E-state index contributed by atoms with van der Waals surface area (Å²) in [6, 6.07) is 39.5. The first-order valence-electron chi connectivity index (χ1n) is 15.4. The van der Waals surface area contributed by atoms with Crippen LogP contribution >= 0.6 is 11.6 Å². The fourth-order valence-electron chi connectivity index (χ4n) is 5.84. The molecule has 48 heavy (non-hydrogen) atoms. The largest absolute Gasteiger partial charge is 0.495 e. The van der Waals surface area contributed by atoms with Crippen LogP contribution in [-0.2, 0) is 14.8 Å². The molecule has 0 saturated heterocycles. The molecule has 0 aliphatic heterocycles. The summed E-state index contributed by atoms with van der Waals surface area (Å²) in [4.78, 5) is 13.6. The molecule has 240 valence electrons. The van der Waals surface area contributed by atoms with Crippen molar-refractivity contribution >= 4 is 44.6 Å². The minimum Gasteiger partial charge on any atom is -0.495 e. The van der Waals surface area contributed by atoms with Crippen LogP contribution in [0.2, 0.25) is 5.02 Å². The molecule has 0 bridgehead atoms. The molecule has 1 N–H and O–H groups in total. The van der Waals surface area contributed by atoms with Gasteiger partial charge in [-0.05, 0) is 85.3 Å². The molecule has 1 heterocycles. The fourth-order valence-corrected chi connectivity index (χ4v) is 7.59.